The van der Waals surface area contributed by atoms with Crippen LogP contribution in [-0.2, 0) is 16.0 Å². The average molecular weight is 495 g/mol. The average Bonchev–Trinajstić information content (AvgIpc) is 3.18. The van der Waals surface area contributed by atoms with Crippen molar-refractivity contribution in [1.29, 1.82) is 0 Å². The van der Waals surface area contributed by atoms with Gasteiger partial charge in [-0.3, -0.25) is 19.8 Å². The molecule has 7 nitrogen and oxygen atoms in total. The fraction of sp³-hybridized carbons (Fsp3) is 0.0800. The van der Waals surface area contributed by atoms with Crippen LogP contribution in [0.5, 0.6) is 0 Å². The summed E-state index contributed by atoms with van der Waals surface area (Å²) in [6, 6.07) is 20.4. The molecule has 0 unspecified atom stereocenters. The predicted molar refractivity (Wildman–Crippen MR) is 135 cm³/mol. The lowest BCUT2D eigenvalue weighted by molar-refractivity contribution is -0.133. The predicted octanol–water partition coefficient (Wildman–Crippen LogP) is 5.47. The van der Waals surface area contributed by atoms with Crippen LogP contribution in [0, 0.1) is 0 Å². The van der Waals surface area contributed by atoms with E-state index in [0.717, 1.165) is 5.56 Å². The van der Waals surface area contributed by atoms with Gasteiger partial charge in [-0.25, -0.2) is 4.68 Å². The van der Waals surface area contributed by atoms with Gasteiger partial charge in [-0.2, -0.15) is 0 Å². The summed E-state index contributed by atoms with van der Waals surface area (Å²) >= 11 is 12.0. The third kappa shape index (κ3) is 5.06. The lowest BCUT2D eigenvalue weighted by atomic mass is 10.1. The molecular formula is C25H20Cl2N4O3. The van der Waals surface area contributed by atoms with Gasteiger partial charge in [-0.05, 0) is 66.6 Å². The maximum Gasteiger partial charge on any atom is 0.328 e. The number of anilines is 2. The molecule has 0 saturated heterocycles. The maximum absolute atomic E-state index is 13.1. The fourth-order valence-electron chi connectivity index (χ4n) is 3.48. The highest BCUT2D eigenvalue weighted by atomic mass is 35.5. The first-order valence-electron chi connectivity index (χ1n) is 10.4. The number of para-hydroxylation sites is 1. The van der Waals surface area contributed by atoms with E-state index in [1.807, 2.05) is 19.1 Å². The second kappa shape index (κ2) is 9.99. The number of aryl methyl sites for hydroxylation is 1. The quantitative estimate of drug-likeness (QED) is 0.321. The highest BCUT2D eigenvalue weighted by Gasteiger charge is 2.21. The molecule has 0 aliphatic rings. The van der Waals surface area contributed by atoms with Crippen molar-refractivity contribution in [2.24, 2.45) is 0 Å². The number of fused-ring (bicyclic) bond motifs is 1. The molecule has 0 bridgehead atoms. The molecule has 34 heavy (non-hydrogen) atoms. The lowest BCUT2D eigenvalue weighted by Gasteiger charge is -2.13. The van der Waals surface area contributed by atoms with Crippen LogP contribution in [0.25, 0.3) is 10.9 Å². The van der Waals surface area contributed by atoms with Gasteiger partial charge in [0.15, 0.2) is 0 Å². The number of rotatable bonds is 5. The number of hydrogen-bond donors (Lipinski definition) is 3. The van der Waals surface area contributed by atoms with Gasteiger partial charge in [0, 0.05) is 26.8 Å². The number of nitrogens with zero attached hydrogens (tertiary/aromatic N) is 1. The number of benzene rings is 3. The molecule has 0 aliphatic carbocycles. The van der Waals surface area contributed by atoms with Crippen LogP contribution in [0.3, 0.4) is 0 Å². The first kappa shape index (κ1) is 23.4. The molecule has 0 saturated carbocycles. The number of halogens is 2. The Balaban J connectivity index is 1.62. The number of carbonyl (C=O) groups is 3. The van der Waals surface area contributed by atoms with E-state index in [-0.39, 0.29) is 5.69 Å². The molecule has 0 spiro atoms. The Labute approximate surface area is 205 Å². The first-order chi connectivity index (χ1) is 16.4. The van der Waals surface area contributed by atoms with Gasteiger partial charge in [0.1, 0.15) is 5.69 Å². The smallest absolute Gasteiger partial charge is 0.321 e. The van der Waals surface area contributed by atoms with E-state index in [0.29, 0.717) is 38.7 Å². The number of carbonyl (C=O) groups excluding carboxylic acids is 3. The Kier molecular flexibility index (Phi) is 6.86. The van der Waals surface area contributed by atoms with Gasteiger partial charge in [-0.15, -0.1) is 0 Å². The van der Waals surface area contributed by atoms with E-state index < -0.39 is 17.7 Å². The molecule has 0 atom stereocenters. The summed E-state index contributed by atoms with van der Waals surface area (Å²) in [6.45, 7) is 1.95. The largest absolute Gasteiger partial charge is 0.328 e. The lowest BCUT2D eigenvalue weighted by Crippen LogP contribution is -2.36. The molecule has 3 N–H and O–H groups in total. The molecule has 1 aromatic heterocycles. The molecule has 3 amide bonds. The highest BCUT2D eigenvalue weighted by Crippen LogP contribution is 2.24. The van der Waals surface area contributed by atoms with Gasteiger partial charge in [0.25, 0.3) is 5.91 Å². The monoisotopic (exact) mass is 494 g/mol. The Bertz CT molecular complexity index is 1400. The Morgan fingerprint density at radius 3 is 2.26 bits per heavy atom. The molecule has 0 aliphatic heterocycles. The van der Waals surface area contributed by atoms with Gasteiger partial charge < -0.3 is 10.6 Å². The van der Waals surface area contributed by atoms with E-state index in [2.05, 4.69) is 16.1 Å². The number of hydrogen-bond acceptors (Lipinski definition) is 3. The van der Waals surface area contributed by atoms with Gasteiger partial charge in [0.05, 0.1) is 5.52 Å². The minimum absolute atomic E-state index is 0.113. The summed E-state index contributed by atoms with van der Waals surface area (Å²) in [5.41, 5.74) is 5.11. The van der Waals surface area contributed by atoms with Crippen LogP contribution in [0.4, 0.5) is 11.4 Å². The van der Waals surface area contributed by atoms with Gasteiger partial charge >= 0.3 is 11.8 Å². The van der Waals surface area contributed by atoms with E-state index in [9.17, 15) is 14.4 Å². The zero-order chi connectivity index (χ0) is 24.2. The molecular weight excluding hydrogens is 475 g/mol. The third-order valence-electron chi connectivity index (χ3n) is 5.16. The summed E-state index contributed by atoms with van der Waals surface area (Å²) in [5, 5.41) is 7.00. The van der Waals surface area contributed by atoms with Crippen LogP contribution in [-0.4, -0.2) is 22.4 Å². The van der Waals surface area contributed by atoms with Crippen molar-refractivity contribution in [1.82, 2.24) is 4.68 Å². The number of nitrogens with one attached hydrogen (secondary N) is 3. The highest BCUT2D eigenvalue weighted by molar-refractivity contribution is 6.42. The molecule has 4 aromatic rings. The minimum atomic E-state index is -0.932. The van der Waals surface area contributed by atoms with Crippen molar-refractivity contribution in [3.63, 3.8) is 0 Å². The van der Waals surface area contributed by atoms with E-state index in [1.54, 1.807) is 60.7 Å². The molecule has 3 aromatic carbocycles. The van der Waals surface area contributed by atoms with Crippen molar-refractivity contribution >= 4 is 63.2 Å². The van der Waals surface area contributed by atoms with Crippen LogP contribution in [0.15, 0.2) is 72.8 Å². The van der Waals surface area contributed by atoms with Gasteiger partial charge in [0.2, 0.25) is 0 Å². The molecule has 1 heterocycles. The molecule has 0 radical (unpaired) electrons. The van der Waals surface area contributed by atoms with Crippen molar-refractivity contribution in [2.45, 2.75) is 13.3 Å². The standard InChI is InChI=1S/C25H20Cl2N4O3/c1-2-15-5-3-4-6-20(15)29-24(33)25(34)30-31-21-12-9-18(27)13-16(21)14-22(31)23(32)28-19-10-7-17(26)8-11-19/h3-14H,2H2,1H3,(H,28,32)(H,29,33)(H,30,34). The Hall–Kier alpha value is -3.81. The van der Waals surface area contributed by atoms with Crippen LogP contribution >= 0.6 is 23.2 Å². The Morgan fingerprint density at radius 1 is 0.824 bits per heavy atom. The molecule has 0 fully saturated rings. The van der Waals surface area contributed by atoms with Crippen molar-refractivity contribution in [2.75, 3.05) is 16.1 Å². The summed E-state index contributed by atoms with van der Waals surface area (Å²) in [4.78, 5) is 38.5. The fourth-order valence-corrected chi connectivity index (χ4v) is 3.79. The molecule has 9 heteroatoms. The second-order valence-electron chi connectivity index (χ2n) is 7.43. The maximum atomic E-state index is 13.1. The minimum Gasteiger partial charge on any atom is -0.321 e. The van der Waals surface area contributed by atoms with Crippen LogP contribution < -0.4 is 16.1 Å². The second-order valence-corrected chi connectivity index (χ2v) is 8.31. The Morgan fingerprint density at radius 2 is 1.53 bits per heavy atom. The van der Waals surface area contributed by atoms with Crippen LogP contribution in [0.1, 0.15) is 23.0 Å². The van der Waals surface area contributed by atoms with Crippen molar-refractivity contribution in [3.8, 4) is 0 Å². The van der Waals surface area contributed by atoms with Crippen LogP contribution in [0.2, 0.25) is 10.0 Å². The van der Waals surface area contributed by atoms with E-state index in [1.165, 1.54) is 4.68 Å². The third-order valence-corrected chi connectivity index (χ3v) is 5.65. The van der Waals surface area contributed by atoms with E-state index >= 15 is 0 Å². The van der Waals surface area contributed by atoms with Crippen molar-refractivity contribution in [3.05, 3.63) is 94.1 Å². The first-order valence-corrected chi connectivity index (χ1v) is 11.2. The zero-order valence-electron chi connectivity index (χ0n) is 18.1. The topological polar surface area (TPSA) is 92.2 Å². The summed E-state index contributed by atoms with van der Waals surface area (Å²) in [5.74, 6) is -2.29. The normalized spacial score (nSPS) is 10.7. The number of amides is 3. The number of aromatic nitrogens is 1. The molecule has 4 rings (SSSR count). The molecule has 172 valence electrons. The van der Waals surface area contributed by atoms with Gasteiger partial charge in [-0.1, -0.05) is 48.3 Å². The van der Waals surface area contributed by atoms with E-state index in [4.69, 9.17) is 23.2 Å². The van der Waals surface area contributed by atoms with Crippen molar-refractivity contribution < 1.29 is 14.4 Å². The summed E-state index contributed by atoms with van der Waals surface area (Å²) in [6.07, 6.45) is 0.691. The zero-order valence-corrected chi connectivity index (χ0v) is 19.6. The summed E-state index contributed by atoms with van der Waals surface area (Å²) in [7, 11) is 0. The summed E-state index contributed by atoms with van der Waals surface area (Å²) < 4.78 is 1.27. The SMILES string of the molecule is CCc1ccccc1NC(=O)C(=O)Nn1c(C(=O)Nc2ccc(Cl)cc2)cc2cc(Cl)ccc21.